The summed E-state index contributed by atoms with van der Waals surface area (Å²) in [6.07, 6.45) is 2.47. The molecular weight excluding hydrogens is 334 g/mol. The average molecular weight is 346 g/mol. The van der Waals surface area contributed by atoms with E-state index in [1.807, 2.05) is 0 Å². The van der Waals surface area contributed by atoms with E-state index in [-0.39, 0.29) is 6.54 Å². The summed E-state index contributed by atoms with van der Waals surface area (Å²) in [4.78, 5) is 41.1. The fourth-order valence-electron chi connectivity index (χ4n) is 2.19. The van der Waals surface area contributed by atoms with E-state index in [9.17, 15) is 14.4 Å². The Labute approximate surface area is 141 Å². The van der Waals surface area contributed by atoms with Crippen LogP contribution in [-0.4, -0.2) is 29.0 Å². The molecule has 0 aliphatic carbocycles. The van der Waals surface area contributed by atoms with E-state index in [2.05, 4.69) is 10.3 Å². The normalized spacial score (nSPS) is 17.2. The second-order valence-corrected chi connectivity index (χ2v) is 5.42. The van der Waals surface area contributed by atoms with Gasteiger partial charge >= 0.3 is 6.03 Å². The molecule has 1 aromatic carbocycles. The maximum absolute atomic E-state index is 12.5. The highest BCUT2D eigenvalue weighted by molar-refractivity contribution is 6.34. The number of urea groups is 1. The summed E-state index contributed by atoms with van der Waals surface area (Å²) in [6.45, 7) is -0.0854. The van der Waals surface area contributed by atoms with E-state index in [4.69, 9.17) is 16.0 Å². The van der Waals surface area contributed by atoms with Crippen LogP contribution in [0.4, 0.5) is 10.5 Å². The van der Waals surface area contributed by atoms with Gasteiger partial charge in [-0.2, -0.15) is 0 Å². The van der Waals surface area contributed by atoms with Crippen LogP contribution in [0, 0.1) is 5.92 Å². The summed E-state index contributed by atoms with van der Waals surface area (Å²) in [5.74, 6) is -2.09. The summed E-state index contributed by atoms with van der Waals surface area (Å²) in [6, 6.07) is 9.16. The van der Waals surface area contributed by atoms with Crippen LogP contribution in [0.5, 0.6) is 0 Å². The third-order valence-corrected chi connectivity index (χ3v) is 3.73. The van der Waals surface area contributed by atoms with Crippen LogP contribution in [-0.2, 0) is 16.1 Å². The van der Waals surface area contributed by atoms with Gasteiger partial charge < -0.3 is 9.73 Å². The van der Waals surface area contributed by atoms with Crippen molar-refractivity contribution in [3.8, 4) is 0 Å². The molecule has 1 aromatic heterocycles. The zero-order valence-corrected chi connectivity index (χ0v) is 13.1. The molecule has 2 heterocycles. The van der Waals surface area contributed by atoms with Gasteiger partial charge in [-0.1, -0.05) is 23.7 Å². The van der Waals surface area contributed by atoms with Gasteiger partial charge in [-0.3, -0.25) is 14.5 Å². The van der Waals surface area contributed by atoms with E-state index < -0.39 is 23.8 Å². The van der Waals surface area contributed by atoms with Crippen molar-refractivity contribution in [1.29, 1.82) is 0 Å². The molecule has 0 saturated carbocycles. The molecule has 3 rings (SSSR count). The zero-order chi connectivity index (χ0) is 17.1. The SMILES string of the molecule is O=C(Nc1ccccc1Cl)C1C=NC(=O)N(Cc2ccco2)C1=O. The van der Waals surface area contributed by atoms with Crippen LogP contribution < -0.4 is 5.32 Å². The summed E-state index contributed by atoms with van der Waals surface area (Å²) in [7, 11) is 0. The molecule has 122 valence electrons. The predicted molar refractivity (Wildman–Crippen MR) is 86.7 cm³/mol. The molecule has 1 unspecified atom stereocenters. The fraction of sp³-hybridized carbons (Fsp3) is 0.125. The predicted octanol–water partition coefficient (Wildman–Crippen LogP) is 2.72. The summed E-state index contributed by atoms with van der Waals surface area (Å²) in [5.41, 5.74) is 0.375. The number of amides is 4. The van der Waals surface area contributed by atoms with Crippen LogP contribution in [0.3, 0.4) is 0 Å². The Balaban J connectivity index is 1.77. The van der Waals surface area contributed by atoms with Gasteiger partial charge in [-0.15, -0.1) is 0 Å². The van der Waals surface area contributed by atoms with Gasteiger partial charge in [0.2, 0.25) is 11.8 Å². The lowest BCUT2D eigenvalue weighted by atomic mass is 10.1. The number of hydrogen-bond acceptors (Lipinski definition) is 4. The maximum atomic E-state index is 12.5. The molecule has 4 amide bonds. The number of anilines is 1. The monoisotopic (exact) mass is 345 g/mol. The van der Waals surface area contributed by atoms with Gasteiger partial charge in [-0.05, 0) is 24.3 Å². The second-order valence-electron chi connectivity index (χ2n) is 5.01. The number of rotatable bonds is 4. The number of carbonyl (C=O) groups excluding carboxylic acids is 3. The molecule has 0 radical (unpaired) electrons. The Bertz CT molecular complexity index is 816. The van der Waals surface area contributed by atoms with Crippen molar-refractivity contribution in [2.45, 2.75) is 6.54 Å². The number of halogens is 1. The molecule has 1 aliphatic rings. The average Bonchev–Trinajstić information content (AvgIpc) is 3.06. The molecule has 0 bridgehead atoms. The molecular formula is C16H12ClN3O4. The minimum absolute atomic E-state index is 0.0854. The molecule has 0 spiro atoms. The van der Waals surface area contributed by atoms with Crippen molar-refractivity contribution in [3.63, 3.8) is 0 Å². The molecule has 0 fully saturated rings. The highest BCUT2D eigenvalue weighted by Crippen LogP contribution is 2.22. The number of nitrogens with one attached hydrogen (secondary N) is 1. The van der Waals surface area contributed by atoms with Crippen molar-refractivity contribution in [3.05, 3.63) is 53.4 Å². The first-order valence-corrected chi connectivity index (χ1v) is 7.41. The standard InChI is InChI=1S/C16H12ClN3O4/c17-12-5-1-2-6-13(12)19-14(21)11-8-18-16(23)20(15(11)22)9-10-4-3-7-24-10/h1-8,11H,9H2,(H,19,21). The third-order valence-electron chi connectivity index (χ3n) is 3.41. The Hall–Kier alpha value is -2.93. The number of hydrogen-bond donors (Lipinski definition) is 1. The number of carbonyl (C=O) groups is 3. The summed E-state index contributed by atoms with van der Waals surface area (Å²) < 4.78 is 5.12. The lowest BCUT2D eigenvalue weighted by molar-refractivity contribution is -0.135. The van der Waals surface area contributed by atoms with Crippen molar-refractivity contribution < 1.29 is 18.8 Å². The maximum Gasteiger partial charge on any atom is 0.350 e. The van der Waals surface area contributed by atoms with Gasteiger partial charge in [0.25, 0.3) is 0 Å². The number of imide groups is 1. The quantitative estimate of drug-likeness (QED) is 0.862. The smallest absolute Gasteiger partial charge is 0.350 e. The molecule has 24 heavy (non-hydrogen) atoms. The van der Waals surface area contributed by atoms with Crippen LogP contribution in [0.15, 0.2) is 52.1 Å². The van der Waals surface area contributed by atoms with Crippen LogP contribution in [0.25, 0.3) is 0 Å². The Morgan fingerprint density at radius 1 is 1.25 bits per heavy atom. The second kappa shape index (κ2) is 6.67. The van der Waals surface area contributed by atoms with Crippen molar-refractivity contribution in [2.75, 3.05) is 5.32 Å². The highest BCUT2D eigenvalue weighted by Gasteiger charge is 2.37. The largest absolute Gasteiger partial charge is 0.467 e. The van der Waals surface area contributed by atoms with Gasteiger partial charge in [0, 0.05) is 6.21 Å². The zero-order valence-electron chi connectivity index (χ0n) is 12.3. The lowest BCUT2D eigenvalue weighted by Gasteiger charge is -2.24. The highest BCUT2D eigenvalue weighted by atomic mass is 35.5. The van der Waals surface area contributed by atoms with E-state index in [1.165, 1.54) is 6.26 Å². The van der Waals surface area contributed by atoms with Crippen molar-refractivity contribution >= 4 is 41.3 Å². The Kier molecular flexibility index (Phi) is 4.43. The summed E-state index contributed by atoms with van der Waals surface area (Å²) >= 11 is 5.98. The van der Waals surface area contributed by atoms with Crippen molar-refractivity contribution in [2.24, 2.45) is 10.9 Å². The molecule has 8 heteroatoms. The van der Waals surface area contributed by atoms with E-state index in [1.54, 1.807) is 36.4 Å². The lowest BCUT2D eigenvalue weighted by Crippen LogP contribution is -2.47. The van der Waals surface area contributed by atoms with E-state index in [0.717, 1.165) is 11.1 Å². The molecule has 1 aliphatic heterocycles. The van der Waals surface area contributed by atoms with Crippen LogP contribution in [0.1, 0.15) is 5.76 Å². The topological polar surface area (TPSA) is 92.0 Å². The van der Waals surface area contributed by atoms with Crippen LogP contribution in [0.2, 0.25) is 5.02 Å². The number of benzene rings is 1. The molecule has 1 atom stereocenters. The number of furan rings is 1. The molecule has 0 saturated heterocycles. The van der Waals surface area contributed by atoms with Gasteiger partial charge in [0.1, 0.15) is 5.76 Å². The fourth-order valence-corrected chi connectivity index (χ4v) is 2.37. The number of aliphatic imine (C=N–C) groups is 1. The summed E-state index contributed by atoms with van der Waals surface area (Å²) in [5, 5.41) is 2.90. The molecule has 1 N–H and O–H groups in total. The van der Waals surface area contributed by atoms with Gasteiger partial charge in [-0.25, -0.2) is 9.79 Å². The van der Waals surface area contributed by atoms with E-state index in [0.29, 0.717) is 16.5 Å². The van der Waals surface area contributed by atoms with Crippen LogP contribution >= 0.6 is 11.6 Å². The van der Waals surface area contributed by atoms with Crippen molar-refractivity contribution in [1.82, 2.24) is 4.90 Å². The third kappa shape index (κ3) is 3.21. The van der Waals surface area contributed by atoms with Gasteiger partial charge in [0.15, 0.2) is 5.92 Å². The minimum Gasteiger partial charge on any atom is -0.467 e. The minimum atomic E-state index is -1.21. The Morgan fingerprint density at radius 3 is 2.75 bits per heavy atom. The molecule has 7 nitrogen and oxygen atoms in total. The Morgan fingerprint density at radius 2 is 2.04 bits per heavy atom. The molecule has 2 aromatic rings. The first kappa shape index (κ1) is 15.9. The van der Waals surface area contributed by atoms with E-state index >= 15 is 0 Å². The first-order valence-electron chi connectivity index (χ1n) is 7.03. The first-order chi connectivity index (χ1) is 11.6. The van der Waals surface area contributed by atoms with Gasteiger partial charge in [0.05, 0.1) is 23.5 Å². The number of para-hydroxylation sites is 1. The number of nitrogens with zero attached hydrogens (tertiary/aromatic N) is 2.